The zero-order valence-electron chi connectivity index (χ0n) is 40.2. The molecule has 0 aliphatic carbocycles. The van der Waals surface area contributed by atoms with Gasteiger partial charge in [-0.3, -0.25) is 0 Å². The van der Waals surface area contributed by atoms with Crippen LogP contribution in [0.1, 0.15) is 72.4 Å². The van der Waals surface area contributed by atoms with E-state index in [1.165, 1.54) is 56.6 Å². The van der Waals surface area contributed by atoms with E-state index in [4.69, 9.17) is 0 Å². The Bertz CT molecular complexity index is 2800. The lowest BCUT2D eigenvalue weighted by atomic mass is 10.0. The zero-order chi connectivity index (χ0) is 50.9. The third-order valence-corrected chi connectivity index (χ3v) is 15.2. The van der Waals surface area contributed by atoms with Gasteiger partial charge in [-0.25, -0.2) is 46.2 Å². The van der Waals surface area contributed by atoms with Gasteiger partial charge in [0.15, 0.2) is 0 Å². The van der Waals surface area contributed by atoms with E-state index in [-0.39, 0.29) is 9.79 Å². The van der Waals surface area contributed by atoms with E-state index < -0.39 is 31.8 Å². The van der Waals surface area contributed by atoms with Crippen molar-refractivity contribution < 1.29 is 30.0 Å². The molecule has 69 heavy (non-hydrogen) atoms. The molecule has 6 N–H and O–H groups in total. The molecule has 21 heteroatoms. The Morgan fingerprint density at radius 3 is 1.22 bits per heavy atom. The number of hydrogen-bond acceptors (Lipinski definition) is 14. The van der Waals surface area contributed by atoms with Crippen molar-refractivity contribution in [2.75, 3.05) is 46.9 Å². The van der Waals surface area contributed by atoms with Crippen molar-refractivity contribution in [1.82, 2.24) is 29.4 Å². The monoisotopic (exact) mass is 1030 g/mol. The fraction of sp³-hybridized carbons (Fsp3) is 0.333. The van der Waals surface area contributed by atoms with Crippen molar-refractivity contribution in [1.29, 1.82) is 0 Å². The van der Waals surface area contributed by atoms with Gasteiger partial charge in [0.25, 0.3) is 0 Å². The Morgan fingerprint density at radius 1 is 0.522 bits per heavy atom. The molecule has 0 amide bonds. The molecule has 0 saturated carbocycles. The summed E-state index contributed by atoms with van der Waals surface area (Å²) in [5.41, 5.74) is 3.12. The summed E-state index contributed by atoms with van der Waals surface area (Å²) < 4.78 is 92.2. The predicted molar refractivity (Wildman–Crippen MR) is 277 cm³/mol. The third-order valence-electron chi connectivity index (χ3n) is 9.40. The largest absolute Gasteiger partial charge is 0.416 e. The minimum absolute atomic E-state index is 0.101. The van der Waals surface area contributed by atoms with Gasteiger partial charge in [-0.2, -0.15) is 13.2 Å². The summed E-state index contributed by atoms with van der Waals surface area (Å²) >= 11 is 3.26. The average molecular weight is 1030 g/mol. The molecular formula is C48H61F3N10O4S4. The van der Waals surface area contributed by atoms with Crippen molar-refractivity contribution in [2.45, 2.75) is 87.1 Å². The maximum Gasteiger partial charge on any atom is 0.416 e. The van der Waals surface area contributed by atoms with E-state index in [1.807, 2.05) is 32.0 Å². The molecule has 372 valence electrons. The van der Waals surface area contributed by atoms with Gasteiger partial charge in [-0.15, -0.1) is 23.5 Å². The third kappa shape index (κ3) is 17.5. The van der Waals surface area contributed by atoms with Crippen LogP contribution in [-0.4, -0.2) is 62.4 Å². The first-order chi connectivity index (χ1) is 32.6. The number of benzene rings is 4. The summed E-state index contributed by atoms with van der Waals surface area (Å²) in [6.45, 7) is 16.8. The van der Waals surface area contributed by atoms with E-state index in [2.05, 4.69) is 104 Å². The summed E-state index contributed by atoms with van der Waals surface area (Å²) in [5.74, 6) is 5.09. The van der Waals surface area contributed by atoms with Crippen molar-refractivity contribution >= 4 is 89.6 Å². The fourth-order valence-corrected chi connectivity index (χ4v) is 9.20. The zero-order valence-corrected chi connectivity index (χ0v) is 43.5. The van der Waals surface area contributed by atoms with Crippen molar-refractivity contribution in [3.8, 4) is 0 Å². The Morgan fingerprint density at radius 2 is 0.884 bits per heavy atom. The molecule has 0 atom stereocenters. The number of alkyl halides is 3. The van der Waals surface area contributed by atoms with Gasteiger partial charge in [0.1, 0.15) is 35.9 Å². The highest BCUT2D eigenvalue weighted by Gasteiger charge is 2.30. The number of rotatable bonds is 19. The molecule has 0 aliphatic heterocycles. The second kappa shape index (κ2) is 26.0. The number of halogens is 3. The van der Waals surface area contributed by atoms with Crippen LogP contribution in [0.25, 0.3) is 0 Å². The normalized spacial score (nSPS) is 11.7. The van der Waals surface area contributed by atoms with E-state index in [0.29, 0.717) is 58.1 Å². The molecule has 0 spiro atoms. The van der Waals surface area contributed by atoms with Gasteiger partial charge in [0.2, 0.25) is 20.0 Å². The van der Waals surface area contributed by atoms with Crippen LogP contribution in [0.2, 0.25) is 0 Å². The second-order valence-corrected chi connectivity index (χ2v) is 22.0. The van der Waals surface area contributed by atoms with Crippen LogP contribution in [-0.2, 0) is 26.2 Å². The lowest BCUT2D eigenvalue weighted by Gasteiger charge is -2.15. The highest BCUT2D eigenvalue weighted by molar-refractivity contribution is 7.99. The number of thioether (sulfide) groups is 2. The first-order valence-corrected chi connectivity index (χ1v) is 27.0. The highest BCUT2D eigenvalue weighted by Crippen LogP contribution is 2.35. The van der Waals surface area contributed by atoms with Crippen molar-refractivity contribution in [2.24, 2.45) is 11.8 Å². The summed E-state index contributed by atoms with van der Waals surface area (Å²) in [6, 6.07) is 26.1. The number of nitrogens with zero attached hydrogens (tertiary/aromatic N) is 4. The SMILES string of the molecule is CC.CNS(=O)(=O)c1ccc(SCC(C)C)c(Nc2cc(Nc3ccc(C(C)C)cc3)ncn2)c1.CNS(=O)(=O)c1ccc(SCC(C)C)c(Nc2cc(Nc3ccc(C(F)(F)F)cc3)ncn2)c1. The quantitative estimate of drug-likeness (QED) is 0.0420. The van der Waals surface area contributed by atoms with E-state index in [0.717, 1.165) is 39.1 Å². The van der Waals surface area contributed by atoms with Crippen LogP contribution in [0.5, 0.6) is 0 Å². The number of sulfonamides is 2. The lowest BCUT2D eigenvalue weighted by Crippen LogP contribution is -2.18. The topological polar surface area (TPSA) is 192 Å². The average Bonchev–Trinajstić information content (AvgIpc) is 3.31. The predicted octanol–water partition coefficient (Wildman–Crippen LogP) is 12.4. The van der Waals surface area contributed by atoms with E-state index in [1.54, 1.807) is 53.9 Å². The molecule has 14 nitrogen and oxygen atoms in total. The minimum atomic E-state index is -4.41. The van der Waals surface area contributed by atoms with Crippen LogP contribution in [0, 0.1) is 11.8 Å². The Balaban J connectivity index is 0.000000290. The van der Waals surface area contributed by atoms with Gasteiger partial charge in [0.05, 0.1) is 26.7 Å². The Labute approximate surface area is 413 Å². The van der Waals surface area contributed by atoms with Crippen LogP contribution >= 0.6 is 23.5 Å². The van der Waals surface area contributed by atoms with Crippen LogP contribution in [0.15, 0.2) is 129 Å². The molecule has 6 rings (SSSR count). The number of aromatic nitrogens is 4. The Kier molecular flexibility index (Phi) is 21.1. The maximum atomic E-state index is 12.8. The number of nitrogens with one attached hydrogen (secondary N) is 6. The lowest BCUT2D eigenvalue weighted by molar-refractivity contribution is -0.137. The van der Waals surface area contributed by atoms with Crippen LogP contribution in [0.3, 0.4) is 0 Å². The molecule has 2 heterocycles. The molecule has 0 fully saturated rings. The maximum absolute atomic E-state index is 12.8. The summed E-state index contributed by atoms with van der Waals surface area (Å²) in [5, 5.41) is 12.6. The molecule has 4 aromatic carbocycles. The van der Waals surface area contributed by atoms with Crippen molar-refractivity contribution in [3.63, 3.8) is 0 Å². The highest BCUT2D eigenvalue weighted by atomic mass is 32.2. The number of hydrogen-bond donors (Lipinski definition) is 6. The summed E-state index contributed by atoms with van der Waals surface area (Å²) in [6.07, 6.45) is -1.64. The molecule has 2 aromatic heterocycles. The van der Waals surface area contributed by atoms with Gasteiger partial charge in [-0.1, -0.05) is 67.5 Å². The molecule has 0 aliphatic rings. The minimum Gasteiger partial charge on any atom is -0.340 e. The summed E-state index contributed by atoms with van der Waals surface area (Å²) in [7, 11) is -4.47. The van der Waals surface area contributed by atoms with Gasteiger partial charge < -0.3 is 21.3 Å². The van der Waals surface area contributed by atoms with Crippen molar-refractivity contribution in [3.05, 3.63) is 121 Å². The summed E-state index contributed by atoms with van der Waals surface area (Å²) in [4.78, 5) is 19.0. The molecule has 0 unspecified atom stereocenters. The Hall–Kier alpha value is -5.45. The smallest absolute Gasteiger partial charge is 0.340 e. The molecule has 6 aromatic rings. The van der Waals surface area contributed by atoms with E-state index >= 15 is 0 Å². The standard InChI is InChI=1S/C24H31N5O2S2.C22H24F3N5O2S2.C2H6/c1-16(2)14-32-22-11-10-20(33(30,31)25-5)12-21(22)29-24-13-23(26-15-27-24)28-19-8-6-18(7-9-19)17(3)4;1-14(2)12-33-19-9-8-17(34(31,32)26-3)10-18(19)30-21-11-20(27-13-28-21)29-16-6-4-15(5-7-16)22(23,24)25;1-2/h6-13,15-17,25H,14H2,1-5H3,(H2,26,27,28,29);4-11,13-14,26H,12H2,1-3H3,(H2,27,28,29,30);1-2H3. The van der Waals surface area contributed by atoms with Gasteiger partial charge in [-0.05, 0) is 110 Å². The molecule has 0 saturated heterocycles. The number of anilines is 8. The molecular weight excluding hydrogens is 966 g/mol. The molecule has 0 bridgehead atoms. The van der Waals surface area contributed by atoms with Gasteiger partial charge >= 0.3 is 6.18 Å². The second-order valence-electron chi connectivity index (χ2n) is 16.1. The van der Waals surface area contributed by atoms with Crippen LogP contribution in [0.4, 0.5) is 59.2 Å². The van der Waals surface area contributed by atoms with Crippen LogP contribution < -0.4 is 30.7 Å². The first-order valence-electron chi connectivity index (χ1n) is 22.1. The molecule has 0 radical (unpaired) electrons. The fourth-order valence-electron chi connectivity index (χ4n) is 5.80. The van der Waals surface area contributed by atoms with Gasteiger partial charge in [0, 0.05) is 44.8 Å². The van der Waals surface area contributed by atoms with E-state index in [9.17, 15) is 30.0 Å². The first kappa shape index (κ1) is 56.1.